The number of amides is 2. The lowest BCUT2D eigenvalue weighted by atomic mass is 10.00. The van der Waals surface area contributed by atoms with Crippen molar-refractivity contribution in [2.24, 2.45) is 11.7 Å². The summed E-state index contributed by atoms with van der Waals surface area (Å²) >= 11 is 0. The van der Waals surface area contributed by atoms with E-state index in [-0.39, 0.29) is 48.4 Å². The molecule has 0 aromatic rings. The monoisotopic (exact) mass is 331 g/mol. The van der Waals surface area contributed by atoms with Gasteiger partial charge < -0.3 is 16.0 Å². The topological polar surface area (TPSA) is 110 Å². The summed E-state index contributed by atoms with van der Waals surface area (Å²) in [5, 5.41) is 2.71. The molecule has 1 heterocycles. The molecule has 22 heavy (non-hydrogen) atoms. The zero-order chi connectivity index (χ0) is 16.3. The van der Waals surface area contributed by atoms with Gasteiger partial charge in [0.2, 0.25) is 11.8 Å². The fraction of sp³-hybridized carbons (Fsp3) is 0.857. The van der Waals surface area contributed by atoms with E-state index in [1.54, 1.807) is 6.92 Å². The van der Waals surface area contributed by atoms with Gasteiger partial charge in [0.25, 0.3) is 0 Å². The van der Waals surface area contributed by atoms with Gasteiger partial charge in [-0.05, 0) is 25.7 Å². The van der Waals surface area contributed by atoms with Crippen LogP contribution in [-0.2, 0) is 19.4 Å². The average molecular weight is 331 g/mol. The molecule has 7 nitrogen and oxygen atoms in total. The molecule has 2 aliphatic rings. The Kier molecular flexibility index (Phi) is 5.44. The highest BCUT2D eigenvalue weighted by Crippen LogP contribution is 2.26. The quantitative estimate of drug-likeness (QED) is 0.705. The molecular formula is C14H25N3O4S. The molecule has 0 aromatic carbocycles. The van der Waals surface area contributed by atoms with Gasteiger partial charge in [0, 0.05) is 25.6 Å². The first-order chi connectivity index (χ1) is 10.3. The maximum Gasteiger partial charge on any atom is 0.244 e. The molecule has 126 valence electrons. The van der Waals surface area contributed by atoms with Crippen LogP contribution in [0, 0.1) is 5.92 Å². The Morgan fingerprint density at radius 3 is 2.45 bits per heavy atom. The molecule has 1 saturated heterocycles. The summed E-state index contributed by atoms with van der Waals surface area (Å²) in [4.78, 5) is 25.8. The van der Waals surface area contributed by atoms with Crippen LogP contribution in [0.3, 0.4) is 0 Å². The van der Waals surface area contributed by atoms with Crippen molar-refractivity contribution < 1.29 is 18.0 Å². The highest BCUT2D eigenvalue weighted by atomic mass is 32.2. The third kappa shape index (κ3) is 4.42. The number of nitrogens with zero attached hydrogens (tertiary/aromatic N) is 1. The minimum atomic E-state index is -3.01. The fourth-order valence-corrected chi connectivity index (χ4v) is 4.33. The molecule has 2 fully saturated rings. The van der Waals surface area contributed by atoms with Crippen molar-refractivity contribution in [2.45, 2.75) is 44.7 Å². The standard InChI is InChI=1S/C14H25N3O4S/c1-10(14(19)17-5-7-22(20,21)8-6-17)16-13(18)9-11-3-2-4-12(11)15/h10-12H,2-9,15H2,1H3,(H,16,18)/t10?,11-,12+/m0/s1. The van der Waals surface area contributed by atoms with Crippen molar-refractivity contribution >= 4 is 21.7 Å². The predicted molar refractivity (Wildman–Crippen MR) is 82.8 cm³/mol. The third-order valence-corrected chi connectivity index (χ3v) is 6.18. The first kappa shape index (κ1) is 17.2. The van der Waals surface area contributed by atoms with Crippen molar-refractivity contribution in [2.75, 3.05) is 24.6 Å². The number of hydrogen-bond donors (Lipinski definition) is 2. The highest BCUT2D eigenvalue weighted by Gasteiger charge is 2.30. The molecule has 1 aliphatic carbocycles. The summed E-state index contributed by atoms with van der Waals surface area (Å²) < 4.78 is 22.7. The molecule has 1 unspecified atom stereocenters. The number of carbonyl (C=O) groups is 2. The summed E-state index contributed by atoms with van der Waals surface area (Å²) in [6, 6.07) is -0.560. The zero-order valence-corrected chi connectivity index (χ0v) is 13.8. The van der Waals surface area contributed by atoms with Gasteiger partial charge in [-0.2, -0.15) is 0 Å². The van der Waals surface area contributed by atoms with E-state index in [9.17, 15) is 18.0 Å². The van der Waals surface area contributed by atoms with E-state index in [1.165, 1.54) is 4.90 Å². The lowest BCUT2D eigenvalue weighted by Crippen LogP contribution is -2.52. The SMILES string of the molecule is CC(NC(=O)C[C@@H]1CCC[C@H]1N)C(=O)N1CCS(=O)(=O)CC1. The summed E-state index contributed by atoms with van der Waals surface area (Å²) in [5.74, 6) is -0.193. The van der Waals surface area contributed by atoms with Crippen molar-refractivity contribution in [3.05, 3.63) is 0 Å². The Hall–Kier alpha value is -1.15. The van der Waals surface area contributed by atoms with Crippen molar-refractivity contribution in [3.8, 4) is 0 Å². The molecule has 0 radical (unpaired) electrons. The van der Waals surface area contributed by atoms with Crippen LogP contribution in [0.15, 0.2) is 0 Å². The van der Waals surface area contributed by atoms with Crippen LogP contribution >= 0.6 is 0 Å². The van der Waals surface area contributed by atoms with Crippen LogP contribution < -0.4 is 11.1 Å². The third-order valence-electron chi connectivity index (χ3n) is 4.57. The number of rotatable bonds is 4. The van der Waals surface area contributed by atoms with Crippen molar-refractivity contribution in [1.82, 2.24) is 10.2 Å². The normalized spacial score (nSPS) is 29.1. The summed E-state index contributed by atoms with van der Waals surface area (Å²) in [7, 11) is -3.01. The Morgan fingerprint density at radius 1 is 1.27 bits per heavy atom. The summed E-state index contributed by atoms with van der Waals surface area (Å²) in [6.45, 7) is 2.04. The van der Waals surface area contributed by atoms with E-state index < -0.39 is 15.9 Å². The molecule has 0 bridgehead atoms. The number of nitrogens with two attached hydrogens (primary N) is 1. The van der Waals surface area contributed by atoms with Crippen LogP contribution in [0.4, 0.5) is 0 Å². The first-order valence-corrected chi connectivity index (χ1v) is 9.65. The molecule has 3 atom stereocenters. The number of nitrogens with one attached hydrogen (secondary N) is 1. The molecule has 0 spiro atoms. The van der Waals surface area contributed by atoms with Crippen molar-refractivity contribution in [3.63, 3.8) is 0 Å². The van der Waals surface area contributed by atoms with E-state index in [0.29, 0.717) is 6.42 Å². The number of hydrogen-bond acceptors (Lipinski definition) is 5. The van der Waals surface area contributed by atoms with Gasteiger partial charge in [-0.3, -0.25) is 9.59 Å². The van der Waals surface area contributed by atoms with E-state index >= 15 is 0 Å². The summed E-state index contributed by atoms with van der Waals surface area (Å²) in [6.07, 6.45) is 3.32. The van der Waals surface area contributed by atoms with Gasteiger partial charge in [-0.15, -0.1) is 0 Å². The molecule has 1 saturated carbocycles. The second-order valence-corrected chi connectivity index (χ2v) is 8.63. The maximum atomic E-state index is 12.2. The Bertz CT molecular complexity index is 520. The Balaban J connectivity index is 1.79. The van der Waals surface area contributed by atoms with E-state index in [1.807, 2.05) is 0 Å². The van der Waals surface area contributed by atoms with Crippen LogP contribution in [0.1, 0.15) is 32.6 Å². The Labute approximate surface area is 131 Å². The van der Waals surface area contributed by atoms with E-state index in [4.69, 9.17) is 5.73 Å². The average Bonchev–Trinajstić information content (AvgIpc) is 2.83. The lowest BCUT2D eigenvalue weighted by molar-refractivity contribution is -0.135. The van der Waals surface area contributed by atoms with Gasteiger partial charge >= 0.3 is 0 Å². The molecular weight excluding hydrogens is 306 g/mol. The minimum absolute atomic E-state index is 0.00364. The molecule has 0 aromatic heterocycles. The van der Waals surface area contributed by atoms with E-state index in [2.05, 4.69) is 5.32 Å². The zero-order valence-electron chi connectivity index (χ0n) is 13.0. The molecule has 1 aliphatic heterocycles. The van der Waals surface area contributed by atoms with Gasteiger partial charge in [0.15, 0.2) is 9.84 Å². The molecule has 2 amide bonds. The highest BCUT2D eigenvalue weighted by molar-refractivity contribution is 7.91. The molecule has 3 N–H and O–H groups in total. The lowest BCUT2D eigenvalue weighted by Gasteiger charge is -2.29. The summed E-state index contributed by atoms with van der Waals surface area (Å²) in [5.41, 5.74) is 5.95. The number of carbonyl (C=O) groups excluding carboxylic acids is 2. The largest absolute Gasteiger partial charge is 0.345 e. The second-order valence-electron chi connectivity index (χ2n) is 6.33. The van der Waals surface area contributed by atoms with Crippen LogP contribution in [0.5, 0.6) is 0 Å². The van der Waals surface area contributed by atoms with Crippen LogP contribution in [-0.4, -0.2) is 61.8 Å². The van der Waals surface area contributed by atoms with Crippen LogP contribution in [0.2, 0.25) is 0 Å². The fourth-order valence-electron chi connectivity index (χ4n) is 3.13. The predicted octanol–water partition coefficient (Wildman–Crippen LogP) is -0.734. The maximum absolute atomic E-state index is 12.2. The smallest absolute Gasteiger partial charge is 0.244 e. The van der Waals surface area contributed by atoms with Crippen molar-refractivity contribution in [1.29, 1.82) is 0 Å². The minimum Gasteiger partial charge on any atom is -0.345 e. The van der Waals surface area contributed by atoms with Gasteiger partial charge in [-0.1, -0.05) is 6.42 Å². The van der Waals surface area contributed by atoms with Crippen LogP contribution in [0.25, 0.3) is 0 Å². The van der Waals surface area contributed by atoms with Gasteiger partial charge in [0.05, 0.1) is 11.5 Å². The first-order valence-electron chi connectivity index (χ1n) is 7.82. The number of sulfone groups is 1. The second kappa shape index (κ2) is 6.95. The van der Waals surface area contributed by atoms with Gasteiger partial charge in [-0.25, -0.2) is 8.42 Å². The molecule has 8 heteroatoms. The Morgan fingerprint density at radius 2 is 1.91 bits per heavy atom. The van der Waals surface area contributed by atoms with Gasteiger partial charge in [0.1, 0.15) is 6.04 Å². The van der Waals surface area contributed by atoms with E-state index in [0.717, 1.165) is 19.3 Å². The molecule has 2 rings (SSSR count).